The minimum absolute atomic E-state index is 0.305. The fourth-order valence-corrected chi connectivity index (χ4v) is 3.44. The largest absolute Gasteiger partial charge is 0.451 e. The van der Waals surface area contributed by atoms with Crippen LogP contribution in [-0.2, 0) is 15.1 Å². The maximum Gasteiger partial charge on any atom is 0.331 e. The summed E-state index contributed by atoms with van der Waals surface area (Å²) in [6, 6.07) is 17.8. The maximum atomic E-state index is 12.4. The van der Waals surface area contributed by atoms with Crippen LogP contribution in [0.1, 0.15) is 24.0 Å². The van der Waals surface area contributed by atoms with Gasteiger partial charge in [0, 0.05) is 23.4 Å². The van der Waals surface area contributed by atoms with Gasteiger partial charge in [0.25, 0.3) is 0 Å². The zero-order valence-electron chi connectivity index (χ0n) is 13.4. The molecule has 0 spiro atoms. The molecule has 0 aliphatic carbocycles. The number of hydrogen-bond acceptors (Lipinski definition) is 3. The topological polar surface area (TPSA) is 38.3 Å². The Labute approximate surface area is 150 Å². The number of ether oxygens (including phenoxy) is 1. The summed E-state index contributed by atoms with van der Waals surface area (Å²) in [6.07, 6.45) is 4.86. The lowest BCUT2D eigenvalue weighted by atomic mass is 9.85. The number of carbonyl (C=O) groups is 1. The third-order valence-corrected chi connectivity index (χ3v) is 4.76. The van der Waals surface area contributed by atoms with Crippen LogP contribution in [0.25, 0.3) is 6.08 Å². The molecule has 1 saturated heterocycles. The van der Waals surface area contributed by atoms with Gasteiger partial charge in [-0.2, -0.15) is 0 Å². The molecule has 0 amide bonds. The van der Waals surface area contributed by atoms with E-state index in [0.717, 1.165) is 41.5 Å². The van der Waals surface area contributed by atoms with Crippen molar-refractivity contribution in [1.29, 1.82) is 0 Å². The van der Waals surface area contributed by atoms with Crippen molar-refractivity contribution in [1.82, 2.24) is 5.32 Å². The van der Waals surface area contributed by atoms with Crippen molar-refractivity contribution in [2.24, 2.45) is 0 Å². The van der Waals surface area contributed by atoms with Crippen LogP contribution in [0.4, 0.5) is 0 Å². The lowest BCUT2D eigenvalue weighted by Crippen LogP contribution is -2.42. The van der Waals surface area contributed by atoms with Crippen LogP contribution in [0.2, 0.25) is 0 Å². The maximum absolute atomic E-state index is 12.4. The molecule has 3 rings (SSSR count). The van der Waals surface area contributed by atoms with E-state index in [1.54, 1.807) is 6.08 Å². The van der Waals surface area contributed by atoms with E-state index in [9.17, 15) is 4.79 Å². The smallest absolute Gasteiger partial charge is 0.331 e. The highest BCUT2D eigenvalue weighted by Crippen LogP contribution is 2.35. The first kappa shape index (κ1) is 16.9. The molecule has 0 aromatic heterocycles. The normalized spacial score (nSPS) is 16.9. The molecule has 2 aromatic rings. The lowest BCUT2D eigenvalue weighted by molar-refractivity contribution is -0.157. The second-order valence-corrected chi connectivity index (χ2v) is 6.84. The fraction of sp³-hybridized carbons (Fsp3) is 0.250. The van der Waals surface area contributed by atoms with E-state index in [2.05, 4.69) is 21.2 Å². The quantitative estimate of drug-likeness (QED) is 0.630. The molecular formula is C20H20BrNO2. The van der Waals surface area contributed by atoms with Crippen molar-refractivity contribution >= 4 is 28.0 Å². The van der Waals surface area contributed by atoms with Crippen molar-refractivity contribution in [2.45, 2.75) is 18.4 Å². The second-order valence-electron chi connectivity index (χ2n) is 5.92. The monoisotopic (exact) mass is 385 g/mol. The van der Waals surface area contributed by atoms with Crippen molar-refractivity contribution in [3.63, 3.8) is 0 Å². The average molecular weight is 386 g/mol. The van der Waals surface area contributed by atoms with Crippen LogP contribution in [0.5, 0.6) is 0 Å². The number of esters is 1. The number of carbonyl (C=O) groups excluding carboxylic acids is 1. The number of rotatable bonds is 4. The van der Waals surface area contributed by atoms with Crippen LogP contribution in [-0.4, -0.2) is 19.1 Å². The summed E-state index contributed by atoms with van der Waals surface area (Å²) >= 11 is 3.43. The Bertz CT molecular complexity index is 721. The van der Waals surface area contributed by atoms with E-state index in [-0.39, 0.29) is 5.97 Å². The van der Waals surface area contributed by atoms with Crippen LogP contribution >= 0.6 is 15.9 Å². The van der Waals surface area contributed by atoms with Crippen molar-refractivity contribution in [2.75, 3.05) is 13.1 Å². The fourth-order valence-electron chi connectivity index (χ4n) is 3.02. The first-order valence-electron chi connectivity index (χ1n) is 8.11. The Balaban J connectivity index is 1.76. The van der Waals surface area contributed by atoms with Gasteiger partial charge in [-0.1, -0.05) is 58.4 Å². The van der Waals surface area contributed by atoms with E-state index in [1.807, 2.05) is 54.6 Å². The molecule has 1 aliphatic rings. The molecule has 0 radical (unpaired) electrons. The molecule has 0 saturated carbocycles. The zero-order chi connectivity index (χ0) is 16.8. The van der Waals surface area contributed by atoms with E-state index in [4.69, 9.17) is 4.74 Å². The predicted molar refractivity (Wildman–Crippen MR) is 99.5 cm³/mol. The summed E-state index contributed by atoms with van der Waals surface area (Å²) in [5.41, 5.74) is 1.49. The van der Waals surface area contributed by atoms with Gasteiger partial charge < -0.3 is 10.1 Å². The lowest BCUT2D eigenvalue weighted by Gasteiger charge is -2.37. The standard InChI is InChI=1S/C20H20BrNO2/c21-18-8-4-5-16(15-18)9-10-19(23)24-20(11-13-22-14-12-20)17-6-2-1-3-7-17/h1-10,15,22H,11-14H2/b10-9+. The Morgan fingerprint density at radius 3 is 2.54 bits per heavy atom. The minimum Gasteiger partial charge on any atom is -0.451 e. The number of halogens is 1. The van der Waals surface area contributed by atoms with Gasteiger partial charge in [-0.3, -0.25) is 0 Å². The minimum atomic E-state index is -0.537. The van der Waals surface area contributed by atoms with E-state index < -0.39 is 5.60 Å². The van der Waals surface area contributed by atoms with Crippen molar-refractivity contribution in [3.05, 3.63) is 76.3 Å². The third kappa shape index (κ3) is 4.13. The van der Waals surface area contributed by atoms with Gasteiger partial charge in [0.1, 0.15) is 5.60 Å². The van der Waals surface area contributed by atoms with E-state index >= 15 is 0 Å². The third-order valence-electron chi connectivity index (χ3n) is 4.27. The molecule has 0 unspecified atom stereocenters. The SMILES string of the molecule is O=C(/C=C/c1cccc(Br)c1)OC1(c2ccccc2)CCNCC1. The highest BCUT2D eigenvalue weighted by Gasteiger charge is 2.37. The van der Waals surface area contributed by atoms with Crippen molar-refractivity contribution in [3.8, 4) is 0 Å². The summed E-state index contributed by atoms with van der Waals surface area (Å²) in [7, 11) is 0. The van der Waals surface area contributed by atoms with Gasteiger partial charge in [0.15, 0.2) is 0 Å². The van der Waals surface area contributed by atoms with Crippen LogP contribution in [0.3, 0.4) is 0 Å². The average Bonchev–Trinajstić information content (AvgIpc) is 2.62. The van der Waals surface area contributed by atoms with Gasteiger partial charge >= 0.3 is 5.97 Å². The Kier molecular flexibility index (Phi) is 5.48. The molecular weight excluding hydrogens is 366 g/mol. The van der Waals surface area contributed by atoms with Gasteiger partial charge in [-0.15, -0.1) is 0 Å². The summed E-state index contributed by atoms with van der Waals surface area (Å²) in [4.78, 5) is 12.4. The highest BCUT2D eigenvalue weighted by atomic mass is 79.9. The summed E-state index contributed by atoms with van der Waals surface area (Å²) in [5.74, 6) is -0.305. The highest BCUT2D eigenvalue weighted by molar-refractivity contribution is 9.10. The predicted octanol–water partition coefficient (Wildman–Crippen LogP) is 4.28. The summed E-state index contributed by atoms with van der Waals surface area (Å²) in [6.45, 7) is 1.69. The van der Waals surface area contributed by atoms with Crippen LogP contribution in [0.15, 0.2) is 65.1 Å². The van der Waals surface area contributed by atoms with Crippen molar-refractivity contribution < 1.29 is 9.53 Å². The molecule has 0 bridgehead atoms. The number of nitrogens with one attached hydrogen (secondary N) is 1. The first-order chi connectivity index (χ1) is 11.7. The number of benzene rings is 2. The number of hydrogen-bond donors (Lipinski definition) is 1. The van der Waals surface area contributed by atoms with Crippen LogP contribution in [0, 0.1) is 0 Å². The van der Waals surface area contributed by atoms with E-state index in [1.165, 1.54) is 6.08 Å². The van der Waals surface area contributed by atoms with Crippen LogP contribution < -0.4 is 5.32 Å². The zero-order valence-corrected chi connectivity index (χ0v) is 15.0. The van der Waals surface area contributed by atoms with Gasteiger partial charge in [0.2, 0.25) is 0 Å². The number of piperidine rings is 1. The Morgan fingerprint density at radius 1 is 1.08 bits per heavy atom. The molecule has 4 heteroatoms. The molecule has 1 aliphatic heterocycles. The molecule has 24 heavy (non-hydrogen) atoms. The first-order valence-corrected chi connectivity index (χ1v) is 8.90. The second kappa shape index (κ2) is 7.77. The molecule has 3 nitrogen and oxygen atoms in total. The molecule has 1 N–H and O–H groups in total. The molecule has 1 fully saturated rings. The molecule has 124 valence electrons. The summed E-state index contributed by atoms with van der Waals surface area (Å²) in [5, 5.41) is 3.33. The Morgan fingerprint density at radius 2 is 1.83 bits per heavy atom. The van der Waals surface area contributed by atoms with Gasteiger partial charge in [0.05, 0.1) is 0 Å². The summed E-state index contributed by atoms with van der Waals surface area (Å²) < 4.78 is 6.92. The van der Waals surface area contributed by atoms with Gasteiger partial charge in [-0.05, 0) is 42.4 Å². The molecule has 2 aromatic carbocycles. The Hall–Kier alpha value is -1.91. The van der Waals surface area contributed by atoms with Gasteiger partial charge in [-0.25, -0.2) is 4.79 Å². The molecule has 1 heterocycles. The van der Waals surface area contributed by atoms with E-state index in [0.29, 0.717) is 0 Å². The molecule has 0 atom stereocenters.